The van der Waals surface area contributed by atoms with Crippen LogP contribution in [0.2, 0.25) is 0 Å². The van der Waals surface area contributed by atoms with E-state index in [4.69, 9.17) is 21.9 Å². The quantitative estimate of drug-likeness (QED) is 0.170. The summed E-state index contributed by atoms with van der Waals surface area (Å²) in [6.45, 7) is 2.68. The molecule has 0 aliphatic rings. The van der Waals surface area contributed by atoms with Crippen molar-refractivity contribution in [3.63, 3.8) is 0 Å². The van der Waals surface area contributed by atoms with Gasteiger partial charge < -0.3 is 21.9 Å². The summed E-state index contributed by atoms with van der Waals surface area (Å²) in [4.78, 5) is 18.1. The lowest BCUT2D eigenvalue weighted by atomic mass is 10.1. The molecule has 1 aromatic carbocycles. The lowest BCUT2D eigenvalue weighted by molar-refractivity contribution is -0.384. The van der Waals surface area contributed by atoms with Gasteiger partial charge in [-0.1, -0.05) is 39.0 Å². The van der Waals surface area contributed by atoms with Gasteiger partial charge in [-0.05, 0) is 22.4 Å². The monoisotopic (exact) mass is 428 g/mol. The summed E-state index contributed by atoms with van der Waals surface area (Å²) < 4.78 is 6.18. The first-order valence-corrected chi connectivity index (χ1v) is 9.19. The Hall–Kier alpha value is -2.36. The molecule has 0 fully saturated rings. The average molecular weight is 429 g/mol. The van der Waals surface area contributed by atoms with E-state index >= 15 is 0 Å². The number of nitro groups is 1. The second kappa shape index (κ2) is 11.3. The van der Waals surface area contributed by atoms with Crippen LogP contribution in [0.5, 0.6) is 5.75 Å². The number of unbranched alkanes of at least 4 members (excludes halogenated alkanes) is 5. The third-order valence-electron chi connectivity index (χ3n) is 3.46. The number of halogens is 1. The standard InChI is InChI=1S/C16H25BrN6O3/c1-2-3-4-5-6-7-8-26-14-10-12(21-16(20)22-15(18)19)13(23(24)25)9-11(14)17/h9-10H,2-8H2,1H3,(H6,18,19,20,21,22). The molecule has 0 radical (unpaired) electrons. The molecule has 0 spiro atoms. The topological polar surface area (TPSA) is 155 Å². The number of aliphatic imine (C=N–C) groups is 2. The predicted octanol–water partition coefficient (Wildman–Crippen LogP) is 3.32. The zero-order chi connectivity index (χ0) is 19.5. The van der Waals surface area contributed by atoms with Gasteiger partial charge in [-0.3, -0.25) is 10.1 Å². The molecule has 0 amide bonds. The van der Waals surface area contributed by atoms with Crippen LogP contribution in [0.3, 0.4) is 0 Å². The molecule has 9 nitrogen and oxygen atoms in total. The van der Waals surface area contributed by atoms with Crippen LogP contribution in [0.1, 0.15) is 45.4 Å². The predicted molar refractivity (Wildman–Crippen MR) is 107 cm³/mol. The molecule has 144 valence electrons. The van der Waals surface area contributed by atoms with Gasteiger partial charge in [0.15, 0.2) is 5.96 Å². The maximum Gasteiger partial charge on any atom is 0.296 e. The summed E-state index contributed by atoms with van der Waals surface area (Å²) in [5.41, 5.74) is 15.8. The highest BCUT2D eigenvalue weighted by Gasteiger charge is 2.18. The Balaban J connectivity index is 2.85. The number of hydrogen-bond donors (Lipinski definition) is 3. The van der Waals surface area contributed by atoms with Gasteiger partial charge in [-0.15, -0.1) is 0 Å². The number of guanidine groups is 2. The largest absolute Gasteiger partial charge is 0.492 e. The summed E-state index contributed by atoms with van der Waals surface area (Å²) in [5, 5.41) is 11.2. The normalized spacial score (nSPS) is 11.2. The van der Waals surface area contributed by atoms with Crippen molar-refractivity contribution in [3.8, 4) is 5.75 Å². The van der Waals surface area contributed by atoms with Crippen LogP contribution in [0, 0.1) is 10.1 Å². The van der Waals surface area contributed by atoms with E-state index in [1.165, 1.54) is 37.8 Å². The second-order valence-electron chi connectivity index (χ2n) is 5.65. The fraction of sp³-hybridized carbons (Fsp3) is 0.500. The van der Waals surface area contributed by atoms with Crippen LogP contribution < -0.4 is 21.9 Å². The highest BCUT2D eigenvalue weighted by Crippen LogP contribution is 2.38. The zero-order valence-electron chi connectivity index (χ0n) is 14.8. The van der Waals surface area contributed by atoms with Crippen molar-refractivity contribution in [2.24, 2.45) is 27.2 Å². The van der Waals surface area contributed by atoms with Gasteiger partial charge in [-0.2, -0.15) is 4.99 Å². The van der Waals surface area contributed by atoms with Gasteiger partial charge >= 0.3 is 0 Å². The van der Waals surface area contributed by atoms with Gasteiger partial charge in [0.2, 0.25) is 5.96 Å². The number of nitrogens with zero attached hydrogens (tertiary/aromatic N) is 3. The molecule has 0 bridgehead atoms. The van der Waals surface area contributed by atoms with Gasteiger partial charge in [0.25, 0.3) is 5.69 Å². The fourth-order valence-electron chi connectivity index (χ4n) is 2.22. The lowest BCUT2D eigenvalue weighted by Crippen LogP contribution is -2.26. The number of hydrogen-bond acceptors (Lipinski definition) is 4. The molecule has 0 aromatic heterocycles. The summed E-state index contributed by atoms with van der Waals surface area (Å²) in [6.07, 6.45) is 6.82. The maximum absolute atomic E-state index is 11.2. The number of ether oxygens (including phenoxy) is 1. The highest BCUT2D eigenvalue weighted by molar-refractivity contribution is 9.10. The van der Waals surface area contributed by atoms with Crippen molar-refractivity contribution in [2.45, 2.75) is 45.4 Å². The Morgan fingerprint density at radius 1 is 1.19 bits per heavy atom. The molecule has 10 heteroatoms. The zero-order valence-corrected chi connectivity index (χ0v) is 16.4. The number of nitrogens with two attached hydrogens (primary N) is 3. The first kappa shape index (κ1) is 21.7. The van der Waals surface area contributed by atoms with E-state index in [1.54, 1.807) is 0 Å². The van der Waals surface area contributed by atoms with Gasteiger partial charge in [0.05, 0.1) is 16.0 Å². The van der Waals surface area contributed by atoms with E-state index in [1.807, 2.05) is 0 Å². The van der Waals surface area contributed by atoms with Gasteiger partial charge in [0, 0.05) is 12.1 Å². The molecule has 0 atom stereocenters. The second-order valence-corrected chi connectivity index (χ2v) is 6.51. The van der Waals surface area contributed by atoms with Crippen LogP contribution in [-0.2, 0) is 0 Å². The Morgan fingerprint density at radius 3 is 2.46 bits per heavy atom. The van der Waals surface area contributed by atoms with Crippen molar-refractivity contribution in [1.29, 1.82) is 0 Å². The Labute approximate surface area is 161 Å². The van der Waals surface area contributed by atoms with Crippen LogP contribution in [0.15, 0.2) is 26.6 Å². The third kappa shape index (κ3) is 7.68. The van der Waals surface area contributed by atoms with E-state index in [0.29, 0.717) is 16.8 Å². The van der Waals surface area contributed by atoms with Crippen molar-refractivity contribution in [3.05, 3.63) is 26.7 Å². The van der Waals surface area contributed by atoms with Crippen LogP contribution in [0.25, 0.3) is 0 Å². The van der Waals surface area contributed by atoms with E-state index in [2.05, 4.69) is 32.8 Å². The molecule has 0 aliphatic heterocycles. The first-order chi connectivity index (χ1) is 12.3. The maximum atomic E-state index is 11.2. The van der Waals surface area contributed by atoms with E-state index in [-0.39, 0.29) is 23.3 Å². The molecule has 0 aliphatic carbocycles. The third-order valence-corrected chi connectivity index (χ3v) is 4.08. The SMILES string of the molecule is CCCCCCCCOc1cc(N=C(N)N=C(N)N)c([N+](=O)[O-])cc1Br. The minimum Gasteiger partial charge on any atom is -0.492 e. The summed E-state index contributed by atoms with van der Waals surface area (Å²) in [7, 11) is 0. The van der Waals surface area contributed by atoms with E-state index in [0.717, 1.165) is 12.8 Å². The smallest absolute Gasteiger partial charge is 0.296 e. The Kier molecular flexibility index (Phi) is 9.42. The van der Waals surface area contributed by atoms with Crippen LogP contribution in [0.4, 0.5) is 11.4 Å². The molecule has 1 aromatic rings. The minimum atomic E-state index is -0.566. The molecule has 26 heavy (non-hydrogen) atoms. The van der Waals surface area contributed by atoms with Crippen molar-refractivity contribution >= 4 is 39.2 Å². The summed E-state index contributed by atoms with van der Waals surface area (Å²) >= 11 is 3.28. The molecule has 0 unspecified atom stereocenters. The molecular weight excluding hydrogens is 404 g/mol. The minimum absolute atomic E-state index is 0.0126. The first-order valence-electron chi connectivity index (χ1n) is 8.39. The average Bonchev–Trinajstić information content (AvgIpc) is 2.55. The molecule has 0 saturated carbocycles. The Morgan fingerprint density at radius 2 is 1.85 bits per heavy atom. The van der Waals surface area contributed by atoms with E-state index < -0.39 is 4.92 Å². The van der Waals surface area contributed by atoms with Gasteiger partial charge in [-0.25, -0.2) is 4.99 Å². The van der Waals surface area contributed by atoms with Crippen LogP contribution in [-0.4, -0.2) is 23.4 Å². The Bertz CT molecular complexity index is 674. The summed E-state index contributed by atoms with van der Waals surface area (Å²) in [5.74, 6) is -0.122. The van der Waals surface area contributed by atoms with Crippen molar-refractivity contribution in [2.75, 3.05) is 6.61 Å². The number of rotatable bonds is 10. The van der Waals surface area contributed by atoms with Crippen molar-refractivity contribution in [1.82, 2.24) is 0 Å². The molecule has 0 heterocycles. The number of nitro benzene ring substituents is 1. The molecule has 0 saturated heterocycles. The number of benzene rings is 1. The summed E-state index contributed by atoms with van der Waals surface area (Å²) in [6, 6.07) is 2.76. The molecular formula is C16H25BrN6O3. The van der Waals surface area contributed by atoms with Crippen LogP contribution >= 0.6 is 15.9 Å². The highest BCUT2D eigenvalue weighted by atomic mass is 79.9. The lowest BCUT2D eigenvalue weighted by Gasteiger charge is -2.09. The van der Waals surface area contributed by atoms with Gasteiger partial charge in [0.1, 0.15) is 11.4 Å². The molecule has 6 N–H and O–H groups in total. The van der Waals surface area contributed by atoms with Crippen molar-refractivity contribution < 1.29 is 9.66 Å². The molecule has 1 rings (SSSR count). The fourth-order valence-corrected chi connectivity index (χ4v) is 2.67. The van der Waals surface area contributed by atoms with E-state index in [9.17, 15) is 10.1 Å².